The molecule has 1 fully saturated rings. The third-order valence-electron chi connectivity index (χ3n) is 4.69. The van der Waals surface area contributed by atoms with Crippen molar-refractivity contribution in [2.24, 2.45) is 0 Å². The first-order valence-corrected chi connectivity index (χ1v) is 8.14. The number of hydrogen-bond acceptors (Lipinski definition) is 3. The quantitative estimate of drug-likeness (QED) is 0.931. The van der Waals surface area contributed by atoms with E-state index in [9.17, 15) is 9.90 Å². The third-order valence-corrected chi connectivity index (χ3v) is 4.69. The molecule has 3 rings (SSSR count). The Morgan fingerprint density at radius 3 is 2.91 bits per heavy atom. The lowest BCUT2D eigenvalue weighted by atomic mass is 9.96. The highest BCUT2D eigenvalue weighted by Gasteiger charge is 2.30. The van der Waals surface area contributed by atoms with Crippen LogP contribution in [0.3, 0.4) is 0 Å². The van der Waals surface area contributed by atoms with Gasteiger partial charge in [-0.25, -0.2) is 4.79 Å². The Morgan fingerprint density at radius 2 is 2.22 bits per heavy atom. The third kappa shape index (κ3) is 3.04. The average molecular weight is 313 g/mol. The van der Waals surface area contributed by atoms with Crippen molar-refractivity contribution in [1.29, 1.82) is 0 Å². The van der Waals surface area contributed by atoms with Crippen LogP contribution in [0.4, 0.5) is 4.79 Å². The van der Waals surface area contributed by atoms with Crippen LogP contribution < -0.4 is 0 Å². The minimum absolute atomic E-state index is 0.0823. The molecule has 0 bridgehead atoms. The molecular weight excluding hydrogens is 290 g/mol. The van der Waals surface area contributed by atoms with Crippen molar-refractivity contribution < 1.29 is 14.6 Å². The molecule has 1 amide bonds. The average Bonchev–Trinajstić information content (AvgIpc) is 3.10. The van der Waals surface area contributed by atoms with E-state index in [4.69, 9.17) is 4.74 Å². The predicted molar refractivity (Wildman–Crippen MR) is 90.1 cm³/mol. The van der Waals surface area contributed by atoms with E-state index in [0.29, 0.717) is 26.1 Å². The molecule has 1 saturated heterocycles. The van der Waals surface area contributed by atoms with Crippen LogP contribution in [-0.2, 0) is 4.74 Å². The van der Waals surface area contributed by atoms with Crippen LogP contribution in [0.1, 0.15) is 37.3 Å². The monoisotopic (exact) mass is 313 g/mol. The molecule has 122 valence electrons. The van der Waals surface area contributed by atoms with E-state index in [1.54, 1.807) is 4.90 Å². The van der Waals surface area contributed by atoms with E-state index in [0.717, 1.165) is 0 Å². The topological polar surface area (TPSA) is 49.8 Å². The van der Waals surface area contributed by atoms with Crippen LogP contribution in [0.15, 0.2) is 42.0 Å². The van der Waals surface area contributed by atoms with Gasteiger partial charge in [0.25, 0.3) is 0 Å². The minimum atomic E-state index is -0.421. The molecule has 1 aromatic rings. The maximum Gasteiger partial charge on any atom is 0.409 e. The Kier molecular flexibility index (Phi) is 4.53. The van der Waals surface area contributed by atoms with Gasteiger partial charge in [-0.2, -0.15) is 0 Å². The van der Waals surface area contributed by atoms with Crippen molar-refractivity contribution >= 4 is 11.7 Å². The molecule has 0 spiro atoms. The molecule has 1 N–H and O–H groups in total. The summed E-state index contributed by atoms with van der Waals surface area (Å²) in [6.45, 7) is 5.39. The zero-order valence-electron chi connectivity index (χ0n) is 13.7. The normalized spacial score (nSPS) is 23.7. The summed E-state index contributed by atoms with van der Waals surface area (Å²) in [6.07, 6.45) is 4.01. The maximum absolute atomic E-state index is 12.2. The van der Waals surface area contributed by atoms with Gasteiger partial charge in [0.1, 0.15) is 6.61 Å². The predicted octanol–water partition coefficient (Wildman–Crippen LogP) is 3.34. The van der Waals surface area contributed by atoms with Gasteiger partial charge in [-0.1, -0.05) is 36.4 Å². The van der Waals surface area contributed by atoms with Crippen molar-refractivity contribution in [3.63, 3.8) is 0 Å². The summed E-state index contributed by atoms with van der Waals surface area (Å²) in [6, 6.07) is 8.28. The van der Waals surface area contributed by atoms with Crippen LogP contribution in [0.5, 0.6) is 0 Å². The molecule has 1 aromatic carbocycles. The number of hydrogen-bond donors (Lipinski definition) is 1. The number of rotatable bonds is 3. The number of amides is 1. The zero-order chi connectivity index (χ0) is 16.4. The molecule has 2 aliphatic rings. The number of aliphatic hydroxyl groups is 1. The van der Waals surface area contributed by atoms with Gasteiger partial charge in [-0.3, -0.25) is 0 Å². The van der Waals surface area contributed by atoms with Gasteiger partial charge in [0, 0.05) is 19.0 Å². The first kappa shape index (κ1) is 15.8. The SMILES string of the molecule is C/C=C\C1=C(C)c2ccccc2C1COC(=O)N1CC[C@@H](O)C1. The number of benzene rings is 1. The first-order chi connectivity index (χ1) is 11.1. The van der Waals surface area contributed by atoms with Gasteiger partial charge in [0.15, 0.2) is 0 Å². The van der Waals surface area contributed by atoms with E-state index in [2.05, 4.69) is 25.1 Å². The lowest BCUT2D eigenvalue weighted by molar-refractivity contribution is 0.100. The van der Waals surface area contributed by atoms with E-state index in [1.807, 2.05) is 25.1 Å². The highest BCUT2D eigenvalue weighted by Crippen LogP contribution is 2.42. The number of aliphatic hydroxyl groups excluding tert-OH is 1. The number of carbonyl (C=O) groups is 1. The molecule has 1 unspecified atom stereocenters. The summed E-state index contributed by atoms with van der Waals surface area (Å²) in [7, 11) is 0. The zero-order valence-corrected chi connectivity index (χ0v) is 13.7. The van der Waals surface area contributed by atoms with E-state index < -0.39 is 6.10 Å². The molecule has 0 radical (unpaired) electrons. The van der Waals surface area contributed by atoms with Crippen LogP contribution in [0.2, 0.25) is 0 Å². The maximum atomic E-state index is 12.2. The lowest BCUT2D eigenvalue weighted by Gasteiger charge is -2.19. The summed E-state index contributed by atoms with van der Waals surface area (Å²) < 4.78 is 5.55. The van der Waals surface area contributed by atoms with Gasteiger partial charge < -0.3 is 14.7 Å². The number of likely N-dealkylation sites (tertiary alicyclic amines) is 1. The standard InChI is InChI=1S/C19H23NO3/c1-3-6-15-13(2)16-7-4-5-8-17(16)18(15)12-23-19(22)20-10-9-14(21)11-20/h3-8,14,18,21H,9-12H2,1-2H3/b6-3-/t14-,18?/m1/s1. The van der Waals surface area contributed by atoms with Crippen LogP contribution in [-0.4, -0.2) is 41.9 Å². The molecule has 1 heterocycles. The molecule has 1 aliphatic heterocycles. The van der Waals surface area contributed by atoms with Crippen molar-refractivity contribution in [2.45, 2.75) is 32.3 Å². The molecule has 0 aromatic heterocycles. The summed E-state index contributed by atoms with van der Waals surface area (Å²) in [4.78, 5) is 13.7. The minimum Gasteiger partial charge on any atom is -0.448 e. The summed E-state index contributed by atoms with van der Waals surface area (Å²) in [5, 5.41) is 9.54. The van der Waals surface area contributed by atoms with Gasteiger partial charge in [-0.05, 0) is 42.5 Å². The molecular formula is C19H23NO3. The number of nitrogens with zero attached hydrogens (tertiary/aromatic N) is 1. The second-order valence-corrected chi connectivity index (χ2v) is 6.19. The van der Waals surface area contributed by atoms with Crippen LogP contribution in [0, 0.1) is 0 Å². The molecule has 23 heavy (non-hydrogen) atoms. The highest BCUT2D eigenvalue weighted by molar-refractivity contribution is 5.79. The number of fused-ring (bicyclic) bond motifs is 1. The fraction of sp³-hybridized carbons (Fsp3) is 0.421. The molecule has 1 aliphatic carbocycles. The number of allylic oxidation sites excluding steroid dienone is 3. The molecule has 4 heteroatoms. The van der Waals surface area contributed by atoms with Crippen molar-refractivity contribution in [2.75, 3.05) is 19.7 Å². The Morgan fingerprint density at radius 1 is 1.43 bits per heavy atom. The number of ether oxygens (including phenoxy) is 1. The van der Waals surface area contributed by atoms with Gasteiger partial charge >= 0.3 is 6.09 Å². The van der Waals surface area contributed by atoms with Crippen molar-refractivity contribution in [3.05, 3.63) is 53.1 Å². The van der Waals surface area contributed by atoms with E-state index in [-0.39, 0.29) is 12.0 Å². The fourth-order valence-corrected chi connectivity index (χ4v) is 3.48. The van der Waals surface area contributed by atoms with Gasteiger partial charge in [-0.15, -0.1) is 0 Å². The fourth-order valence-electron chi connectivity index (χ4n) is 3.48. The van der Waals surface area contributed by atoms with E-state index in [1.165, 1.54) is 22.3 Å². The van der Waals surface area contributed by atoms with Crippen molar-refractivity contribution in [3.8, 4) is 0 Å². The van der Waals surface area contributed by atoms with Crippen molar-refractivity contribution in [1.82, 2.24) is 4.90 Å². The largest absolute Gasteiger partial charge is 0.448 e. The van der Waals surface area contributed by atoms with Gasteiger partial charge in [0.05, 0.1) is 6.10 Å². The Balaban J connectivity index is 1.74. The Hall–Kier alpha value is -2.07. The molecule has 4 nitrogen and oxygen atoms in total. The summed E-state index contributed by atoms with van der Waals surface area (Å²) >= 11 is 0. The van der Waals surface area contributed by atoms with Gasteiger partial charge in [0.2, 0.25) is 0 Å². The van der Waals surface area contributed by atoms with Crippen LogP contribution >= 0.6 is 0 Å². The second-order valence-electron chi connectivity index (χ2n) is 6.19. The number of carbonyl (C=O) groups excluding carboxylic acids is 1. The first-order valence-electron chi connectivity index (χ1n) is 8.14. The Bertz CT molecular complexity index is 662. The lowest BCUT2D eigenvalue weighted by Crippen LogP contribution is -2.31. The second kappa shape index (κ2) is 6.59. The van der Waals surface area contributed by atoms with E-state index >= 15 is 0 Å². The number of β-amino-alcohol motifs (C(OH)–C–C–N with tert-alkyl or cyclic N) is 1. The smallest absolute Gasteiger partial charge is 0.409 e. The molecule has 2 atom stereocenters. The Labute approximate surface area is 137 Å². The van der Waals surface area contributed by atoms with Crippen LogP contribution in [0.25, 0.3) is 5.57 Å². The summed E-state index contributed by atoms with van der Waals surface area (Å²) in [5.74, 6) is 0.0823. The highest BCUT2D eigenvalue weighted by atomic mass is 16.6. The molecule has 0 saturated carbocycles. The summed E-state index contributed by atoms with van der Waals surface area (Å²) in [5.41, 5.74) is 4.91.